The predicted molar refractivity (Wildman–Crippen MR) is 57.8 cm³/mol. The summed E-state index contributed by atoms with van der Waals surface area (Å²) < 4.78 is 18.6. The summed E-state index contributed by atoms with van der Waals surface area (Å²) in [5.41, 5.74) is 0.414. The molecule has 16 heavy (non-hydrogen) atoms. The molecule has 0 saturated carbocycles. The SMILES string of the molecule is Fc1cc(Cl)ccc1COc1ncccn1. The van der Waals surface area contributed by atoms with Gasteiger partial charge in [-0.05, 0) is 18.2 Å². The summed E-state index contributed by atoms with van der Waals surface area (Å²) in [5, 5.41) is 0.359. The summed E-state index contributed by atoms with van der Waals surface area (Å²) >= 11 is 5.63. The highest BCUT2D eigenvalue weighted by molar-refractivity contribution is 6.30. The minimum atomic E-state index is -0.400. The van der Waals surface area contributed by atoms with Gasteiger partial charge in [-0.2, -0.15) is 0 Å². The second-order valence-electron chi connectivity index (χ2n) is 3.06. The van der Waals surface area contributed by atoms with Gasteiger partial charge in [0.1, 0.15) is 12.4 Å². The molecule has 0 radical (unpaired) electrons. The molecular formula is C11H8ClFN2O. The minimum Gasteiger partial charge on any atom is -0.458 e. The molecule has 0 saturated heterocycles. The van der Waals surface area contributed by atoms with Gasteiger partial charge in [0.15, 0.2) is 0 Å². The molecule has 1 aromatic carbocycles. The van der Waals surface area contributed by atoms with Crippen LogP contribution in [-0.4, -0.2) is 9.97 Å². The third kappa shape index (κ3) is 2.67. The van der Waals surface area contributed by atoms with E-state index in [4.69, 9.17) is 16.3 Å². The normalized spacial score (nSPS) is 10.1. The number of halogens is 2. The van der Waals surface area contributed by atoms with E-state index in [1.54, 1.807) is 30.6 Å². The first-order valence-corrected chi connectivity index (χ1v) is 4.97. The van der Waals surface area contributed by atoms with Gasteiger partial charge in [0.05, 0.1) is 0 Å². The molecule has 0 aliphatic rings. The van der Waals surface area contributed by atoms with E-state index < -0.39 is 5.82 Å². The van der Waals surface area contributed by atoms with Crippen molar-refractivity contribution in [2.45, 2.75) is 6.61 Å². The Hall–Kier alpha value is -1.68. The number of hydrogen-bond acceptors (Lipinski definition) is 3. The number of benzene rings is 1. The summed E-state index contributed by atoms with van der Waals surface area (Å²) in [4.78, 5) is 7.72. The maximum atomic E-state index is 13.3. The van der Waals surface area contributed by atoms with E-state index in [-0.39, 0.29) is 12.6 Å². The molecular weight excluding hydrogens is 231 g/mol. The third-order valence-electron chi connectivity index (χ3n) is 1.91. The van der Waals surface area contributed by atoms with Gasteiger partial charge >= 0.3 is 6.01 Å². The summed E-state index contributed by atoms with van der Waals surface area (Å²) in [6.45, 7) is 0.0764. The lowest BCUT2D eigenvalue weighted by molar-refractivity contribution is 0.275. The fourth-order valence-corrected chi connectivity index (χ4v) is 1.30. The lowest BCUT2D eigenvalue weighted by Crippen LogP contribution is -2.00. The summed E-state index contributed by atoms with van der Waals surface area (Å²) in [6, 6.07) is 6.31. The predicted octanol–water partition coefficient (Wildman–Crippen LogP) is 2.85. The highest BCUT2D eigenvalue weighted by Crippen LogP contribution is 2.15. The van der Waals surface area contributed by atoms with Crippen molar-refractivity contribution < 1.29 is 9.13 Å². The summed E-state index contributed by atoms with van der Waals surface area (Å²) in [7, 11) is 0. The Labute approximate surface area is 96.9 Å². The molecule has 0 spiro atoms. The smallest absolute Gasteiger partial charge is 0.316 e. The largest absolute Gasteiger partial charge is 0.458 e. The van der Waals surface area contributed by atoms with E-state index >= 15 is 0 Å². The quantitative estimate of drug-likeness (QED) is 0.825. The zero-order valence-corrected chi connectivity index (χ0v) is 8.99. The molecule has 82 valence electrons. The van der Waals surface area contributed by atoms with Gasteiger partial charge in [-0.3, -0.25) is 0 Å². The van der Waals surface area contributed by atoms with Crippen LogP contribution in [-0.2, 0) is 6.61 Å². The van der Waals surface area contributed by atoms with Gasteiger partial charge in [0.2, 0.25) is 0 Å². The van der Waals surface area contributed by atoms with Crippen LogP contribution >= 0.6 is 11.6 Å². The van der Waals surface area contributed by atoms with Crippen LogP contribution in [0.15, 0.2) is 36.7 Å². The molecule has 0 unspecified atom stereocenters. The minimum absolute atomic E-state index is 0.0764. The fraction of sp³-hybridized carbons (Fsp3) is 0.0909. The van der Waals surface area contributed by atoms with Crippen LogP contribution in [0.5, 0.6) is 6.01 Å². The zero-order valence-electron chi connectivity index (χ0n) is 8.23. The first-order valence-electron chi connectivity index (χ1n) is 4.59. The second kappa shape index (κ2) is 4.90. The molecule has 0 bridgehead atoms. The Balaban J connectivity index is 2.05. The van der Waals surface area contributed by atoms with E-state index in [2.05, 4.69) is 9.97 Å². The van der Waals surface area contributed by atoms with Gasteiger partial charge in [-0.25, -0.2) is 14.4 Å². The number of nitrogens with zero attached hydrogens (tertiary/aromatic N) is 2. The van der Waals surface area contributed by atoms with Crippen LogP contribution in [0.3, 0.4) is 0 Å². The topological polar surface area (TPSA) is 35.0 Å². The lowest BCUT2D eigenvalue weighted by atomic mass is 10.2. The molecule has 2 rings (SSSR count). The molecule has 1 aromatic heterocycles. The van der Waals surface area contributed by atoms with Crippen molar-refractivity contribution in [1.82, 2.24) is 9.97 Å². The van der Waals surface area contributed by atoms with E-state index in [1.807, 2.05) is 0 Å². The first kappa shape index (κ1) is 10.8. The monoisotopic (exact) mass is 238 g/mol. The van der Waals surface area contributed by atoms with Crippen molar-refractivity contribution in [2.24, 2.45) is 0 Å². The average Bonchev–Trinajstić information content (AvgIpc) is 2.29. The van der Waals surface area contributed by atoms with E-state index in [9.17, 15) is 4.39 Å². The highest BCUT2D eigenvalue weighted by Gasteiger charge is 2.04. The maximum Gasteiger partial charge on any atom is 0.316 e. The first-order chi connectivity index (χ1) is 7.75. The van der Waals surface area contributed by atoms with E-state index in [0.717, 1.165) is 0 Å². The molecule has 0 aliphatic carbocycles. The molecule has 0 amide bonds. The number of hydrogen-bond donors (Lipinski definition) is 0. The number of rotatable bonds is 3. The molecule has 1 heterocycles. The van der Waals surface area contributed by atoms with Crippen LogP contribution in [0.1, 0.15) is 5.56 Å². The van der Waals surface area contributed by atoms with Crippen molar-refractivity contribution in [2.75, 3.05) is 0 Å². The molecule has 0 aliphatic heterocycles. The van der Waals surface area contributed by atoms with Gasteiger partial charge < -0.3 is 4.74 Å². The highest BCUT2D eigenvalue weighted by atomic mass is 35.5. The third-order valence-corrected chi connectivity index (χ3v) is 2.15. The maximum absolute atomic E-state index is 13.3. The molecule has 5 heteroatoms. The molecule has 0 N–H and O–H groups in total. The Kier molecular flexibility index (Phi) is 3.31. The summed E-state index contributed by atoms with van der Waals surface area (Å²) in [5.74, 6) is -0.400. The standard InChI is InChI=1S/C11H8ClFN2O/c12-9-3-2-8(10(13)6-9)7-16-11-14-4-1-5-15-11/h1-6H,7H2. The molecule has 2 aromatic rings. The summed E-state index contributed by atoms with van der Waals surface area (Å²) in [6.07, 6.45) is 3.11. The van der Waals surface area contributed by atoms with Crippen LogP contribution in [0, 0.1) is 5.82 Å². The molecule has 3 nitrogen and oxygen atoms in total. The van der Waals surface area contributed by atoms with Gasteiger partial charge in [-0.15, -0.1) is 0 Å². The fourth-order valence-electron chi connectivity index (χ4n) is 1.14. The molecule has 0 fully saturated rings. The Bertz CT molecular complexity index is 479. The Morgan fingerprint density at radius 2 is 2.00 bits per heavy atom. The van der Waals surface area contributed by atoms with Gasteiger partial charge in [-0.1, -0.05) is 17.7 Å². The number of ether oxygens (including phenoxy) is 1. The van der Waals surface area contributed by atoms with Crippen molar-refractivity contribution in [3.05, 3.63) is 53.1 Å². The van der Waals surface area contributed by atoms with E-state index in [1.165, 1.54) is 6.07 Å². The van der Waals surface area contributed by atoms with Crippen molar-refractivity contribution in [3.8, 4) is 6.01 Å². The van der Waals surface area contributed by atoms with Crippen LogP contribution in [0.4, 0.5) is 4.39 Å². The second-order valence-corrected chi connectivity index (χ2v) is 3.49. The Morgan fingerprint density at radius 3 is 2.69 bits per heavy atom. The van der Waals surface area contributed by atoms with Gasteiger partial charge in [0, 0.05) is 23.0 Å². The van der Waals surface area contributed by atoms with Crippen LogP contribution in [0.2, 0.25) is 5.02 Å². The van der Waals surface area contributed by atoms with E-state index in [0.29, 0.717) is 10.6 Å². The molecule has 0 atom stereocenters. The van der Waals surface area contributed by atoms with Gasteiger partial charge in [0.25, 0.3) is 0 Å². The van der Waals surface area contributed by atoms with Crippen molar-refractivity contribution in [3.63, 3.8) is 0 Å². The zero-order chi connectivity index (χ0) is 11.4. The number of aromatic nitrogens is 2. The lowest BCUT2D eigenvalue weighted by Gasteiger charge is -2.04. The van der Waals surface area contributed by atoms with Crippen LogP contribution in [0.25, 0.3) is 0 Å². The van der Waals surface area contributed by atoms with Crippen molar-refractivity contribution >= 4 is 11.6 Å². The average molecular weight is 239 g/mol. The Morgan fingerprint density at radius 1 is 1.25 bits per heavy atom. The van der Waals surface area contributed by atoms with Crippen LogP contribution < -0.4 is 4.74 Å². The van der Waals surface area contributed by atoms with Crippen molar-refractivity contribution in [1.29, 1.82) is 0 Å².